The Morgan fingerprint density at radius 1 is 1.75 bits per heavy atom. The zero-order valence-electron chi connectivity index (χ0n) is 4.28. The van der Waals surface area contributed by atoms with Gasteiger partial charge in [0.05, 0.1) is 0 Å². The van der Waals surface area contributed by atoms with Crippen LogP contribution in [0.1, 0.15) is 6.42 Å². The highest BCUT2D eigenvalue weighted by Gasteiger charge is 1.94. The van der Waals surface area contributed by atoms with Crippen LogP contribution in [0.2, 0.25) is 0 Å². The van der Waals surface area contributed by atoms with E-state index >= 15 is 0 Å². The number of carbonyl (C=O) groups is 1. The maximum absolute atomic E-state index is 10.2. The van der Waals surface area contributed by atoms with Crippen LogP contribution in [-0.2, 0) is 4.79 Å². The van der Waals surface area contributed by atoms with Crippen LogP contribution in [0.4, 0.5) is 0 Å². The van der Waals surface area contributed by atoms with Crippen LogP contribution in [-0.4, -0.2) is 12.5 Å². The molecule has 0 heterocycles. The van der Waals surface area contributed by atoms with Crippen LogP contribution in [0.15, 0.2) is 0 Å². The lowest BCUT2D eigenvalue weighted by Gasteiger charge is -1.93. The SMILES string of the molecule is NNCCC(=O)NCl. The van der Waals surface area contributed by atoms with Gasteiger partial charge < -0.3 is 0 Å². The summed E-state index contributed by atoms with van der Waals surface area (Å²) in [5.41, 5.74) is 2.31. The van der Waals surface area contributed by atoms with Crippen molar-refractivity contribution >= 4 is 17.7 Å². The van der Waals surface area contributed by atoms with Crippen molar-refractivity contribution in [2.24, 2.45) is 5.84 Å². The molecule has 0 radical (unpaired) electrons. The largest absolute Gasteiger partial charge is 0.274 e. The van der Waals surface area contributed by atoms with Gasteiger partial charge in [-0.15, -0.1) is 0 Å². The fourth-order valence-corrected chi connectivity index (χ4v) is 0.327. The molecular formula is C3H8ClN3O. The monoisotopic (exact) mass is 137 g/mol. The Labute approximate surface area is 52.5 Å². The molecule has 5 heteroatoms. The van der Waals surface area contributed by atoms with Crippen molar-refractivity contribution < 1.29 is 4.79 Å². The fraction of sp³-hybridized carbons (Fsp3) is 0.667. The van der Waals surface area contributed by atoms with Gasteiger partial charge in [-0.2, -0.15) is 0 Å². The second kappa shape index (κ2) is 4.83. The van der Waals surface area contributed by atoms with Crippen molar-refractivity contribution in [2.45, 2.75) is 6.42 Å². The molecule has 0 aromatic heterocycles. The lowest BCUT2D eigenvalue weighted by Crippen LogP contribution is -2.27. The van der Waals surface area contributed by atoms with Gasteiger partial charge in [-0.25, -0.2) is 0 Å². The molecule has 48 valence electrons. The quantitative estimate of drug-likeness (QED) is 0.269. The number of nitrogens with two attached hydrogens (primary N) is 1. The average Bonchev–Trinajstić information content (AvgIpc) is 1.83. The third kappa shape index (κ3) is 3.86. The lowest BCUT2D eigenvalue weighted by atomic mass is 10.4. The van der Waals surface area contributed by atoms with Gasteiger partial charge in [-0.05, 0) is 0 Å². The van der Waals surface area contributed by atoms with Gasteiger partial charge in [0.15, 0.2) is 0 Å². The van der Waals surface area contributed by atoms with Gasteiger partial charge in [0, 0.05) is 24.7 Å². The Morgan fingerprint density at radius 2 is 2.38 bits per heavy atom. The smallest absolute Gasteiger partial charge is 0.235 e. The summed E-state index contributed by atoms with van der Waals surface area (Å²) in [6.07, 6.45) is 0.306. The summed E-state index contributed by atoms with van der Waals surface area (Å²) in [6.45, 7) is 0.443. The summed E-state index contributed by atoms with van der Waals surface area (Å²) in [4.78, 5) is 12.2. The molecule has 0 unspecified atom stereocenters. The molecule has 0 rings (SSSR count). The van der Waals surface area contributed by atoms with Crippen LogP contribution in [0.5, 0.6) is 0 Å². The maximum atomic E-state index is 10.2. The predicted octanol–water partition coefficient (Wildman–Crippen LogP) is -0.890. The Morgan fingerprint density at radius 3 is 2.75 bits per heavy atom. The first kappa shape index (κ1) is 7.68. The highest BCUT2D eigenvalue weighted by Crippen LogP contribution is 1.75. The van der Waals surface area contributed by atoms with E-state index in [1.165, 1.54) is 0 Å². The van der Waals surface area contributed by atoms with Crippen molar-refractivity contribution in [3.8, 4) is 0 Å². The van der Waals surface area contributed by atoms with Crippen LogP contribution < -0.4 is 16.1 Å². The molecule has 0 atom stereocenters. The number of halogens is 1. The predicted molar refractivity (Wildman–Crippen MR) is 30.8 cm³/mol. The van der Waals surface area contributed by atoms with E-state index < -0.39 is 0 Å². The Hall–Kier alpha value is -0.320. The first-order valence-electron chi connectivity index (χ1n) is 2.14. The van der Waals surface area contributed by atoms with Gasteiger partial charge in [0.25, 0.3) is 0 Å². The van der Waals surface area contributed by atoms with Crippen molar-refractivity contribution in [1.82, 2.24) is 10.3 Å². The number of carbonyl (C=O) groups excluding carboxylic acids is 1. The minimum Gasteiger partial charge on any atom is -0.274 e. The standard InChI is InChI=1S/C3H8ClN3O/c4-7-3(8)1-2-6-5/h6H,1-2,5H2,(H,7,8). The highest BCUT2D eigenvalue weighted by molar-refractivity contribution is 6.21. The molecule has 0 saturated heterocycles. The zero-order valence-corrected chi connectivity index (χ0v) is 5.03. The van der Waals surface area contributed by atoms with E-state index in [1.54, 1.807) is 0 Å². The third-order valence-electron chi connectivity index (χ3n) is 0.602. The van der Waals surface area contributed by atoms with Gasteiger partial charge in [0.1, 0.15) is 0 Å². The third-order valence-corrected chi connectivity index (χ3v) is 0.813. The number of nitrogens with one attached hydrogen (secondary N) is 2. The van der Waals surface area contributed by atoms with Gasteiger partial charge in [-0.3, -0.25) is 20.9 Å². The first-order chi connectivity index (χ1) is 3.81. The molecule has 0 saturated carbocycles. The molecular weight excluding hydrogens is 130 g/mol. The summed E-state index contributed by atoms with van der Waals surface area (Å²) >= 11 is 4.92. The Balaban J connectivity index is 2.99. The summed E-state index contributed by atoms with van der Waals surface area (Å²) in [6, 6.07) is 0. The molecule has 1 amide bonds. The number of hydrogen-bond donors (Lipinski definition) is 3. The number of amides is 1. The second-order valence-corrected chi connectivity index (χ2v) is 1.41. The topological polar surface area (TPSA) is 67.1 Å². The summed E-state index contributed by atoms with van der Waals surface area (Å²) in [5.74, 6) is 4.63. The average molecular weight is 138 g/mol. The van der Waals surface area contributed by atoms with Gasteiger partial charge in [0.2, 0.25) is 5.91 Å². The van der Waals surface area contributed by atoms with Gasteiger partial charge in [-0.1, -0.05) is 0 Å². The van der Waals surface area contributed by atoms with Gasteiger partial charge >= 0.3 is 0 Å². The Kier molecular flexibility index (Phi) is 4.64. The molecule has 0 spiro atoms. The van der Waals surface area contributed by atoms with Crippen molar-refractivity contribution in [1.29, 1.82) is 0 Å². The second-order valence-electron chi connectivity index (χ2n) is 1.22. The summed E-state index contributed by atoms with van der Waals surface area (Å²) in [5, 5.41) is 0. The zero-order chi connectivity index (χ0) is 6.41. The lowest BCUT2D eigenvalue weighted by molar-refractivity contribution is -0.119. The molecule has 0 bridgehead atoms. The fourth-order valence-electron chi connectivity index (χ4n) is 0.233. The van der Waals surface area contributed by atoms with Crippen molar-refractivity contribution in [3.05, 3.63) is 0 Å². The van der Waals surface area contributed by atoms with Crippen LogP contribution in [0.25, 0.3) is 0 Å². The van der Waals surface area contributed by atoms with E-state index in [-0.39, 0.29) is 5.91 Å². The van der Waals surface area contributed by atoms with Crippen molar-refractivity contribution in [2.75, 3.05) is 6.54 Å². The van der Waals surface area contributed by atoms with E-state index in [1.807, 2.05) is 4.84 Å². The molecule has 0 aromatic carbocycles. The molecule has 0 aromatic rings. The van der Waals surface area contributed by atoms with E-state index in [4.69, 9.17) is 17.6 Å². The minimum absolute atomic E-state index is 0.232. The maximum Gasteiger partial charge on any atom is 0.235 e. The van der Waals surface area contributed by atoms with Crippen LogP contribution in [0.3, 0.4) is 0 Å². The van der Waals surface area contributed by atoms with Crippen LogP contribution >= 0.6 is 11.8 Å². The minimum atomic E-state index is -0.232. The molecule has 4 nitrogen and oxygen atoms in total. The molecule has 0 aliphatic rings. The Bertz CT molecular complexity index is 76.9. The van der Waals surface area contributed by atoms with E-state index in [2.05, 4.69) is 5.43 Å². The summed E-state index contributed by atoms with van der Waals surface area (Å²) in [7, 11) is 0. The number of hydrazine groups is 1. The first-order valence-corrected chi connectivity index (χ1v) is 2.52. The molecule has 0 aliphatic heterocycles. The molecule has 0 fully saturated rings. The van der Waals surface area contributed by atoms with Crippen molar-refractivity contribution in [3.63, 3.8) is 0 Å². The van der Waals surface area contributed by atoms with Crippen LogP contribution in [0, 0.1) is 0 Å². The molecule has 8 heavy (non-hydrogen) atoms. The highest BCUT2D eigenvalue weighted by atomic mass is 35.5. The normalized spacial score (nSPS) is 8.75. The van der Waals surface area contributed by atoms with E-state index in [0.717, 1.165) is 0 Å². The summed E-state index contributed by atoms with van der Waals surface area (Å²) < 4.78 is 0. The number of hydrogen-bond acceptors (Lipinski definition) is 3. The number of rotatable bonds is 3. The molecule has 4 N–H and O–H groups in total. The molecule has 0 aliphatic carbocycles. The van der Waals surface area contributed by atoms with E-state index in [9.17, 15) is 4.79 Å². The van der Waals surface area contributed by atoms with E-state index in [0.29, 0.717) is 13.0 Å².